The van der Waals surface area contributed by atoms with E-state index in [0.717, 1.165) is 41.5 Å². The zero-order chi connectivity index (χ0) is 18.5. The van der Waals surface area contributed by atoms with Crippen LogP contribution >= 0.6 is 0 Å². The third-order valence-corrected chi connectivity index (χ3v) is 5.00. The summed E-state index contributed by atoms with van der Waals surface area (Å²) >= 11 is 0. The first-order chi connectivity index (χ1) is 12.3. The van der Waals surface area contributed by atoms with Gasteiger partial charge in [-0.05, 0) is 57.4 Å². The lowest BCUT2D eigenvalue weighted by Gasteiger charge is -2.32. The van der Waals surface area contributed by atoms with Gasteiger partial charge in [0.15, 0.2) is 5.78 Å². The second-order valence-electron chi connectivity index (χ2n) is 8.13. The highest BCUT2D eigenvalue weighted by atomic mass is 16.6. The highest BCUT2D eigenvalue weighted by Crippen LogP contribution is 2.35. The van der Waals surface area contributed by atoms with Crippen molar-refractivity contribution in [2.45, 2.75) is 51.7 Å². The first-order valence-corrected chi connectivity index (χ1v) is 9.18. The van der Waals surface area contributed by atoms with Crippen LogP contribution in [-0.2, 0) is 9.53 Å². The quantitative estimate of drug-likeness (QED) is 0.772. The maximum atomic E-state index is 12.4. The number of carbonyl (C=O) groups excluding carboxylic acids is 2. The highest BCUT2D eigenvalue weighted by molar-refractivity contribution is 6.00. The third-order valence-electron chi connectivity index (χ3n) is 5.00. The molecule has 0 saturated carbocycles. The van der Waals surface area contributed by atoms with E-state index in [0.29, 0.717) is 12.5 Å². The summed E-state index contributed by atoms with van der Waals surface area (Å²) in [6.07, 6.45) is 5.97. The number of allylic oxidation sites excluding steroid dienone is 1. The standard InChI is InChI=1S/C21H24N2O3/c1-21(2,3)26-20(25)23-10-8-15-11-14(6-7-18(15)23)19-13-17(24)12-16-5-4-9-22(16)19/h6-8,10-11,13,16H,4-5,9,12H2,1-3H3/t16-/m1/s1. The summed E-state index contributed by atoms with van der Waals surface area (Å²) in [6.45, 7) is 6.57. The Morgan fingerprint density at radius 3 is 2.81 bits per heavy atom. The van der Waals surface area contributed by atoms with Gasteiger partial charge in [-0.3, -0.25) is 9.36 Å². The van der Waals surface area contributed by atoms with Crippen LogP contribution < -0.4 is 0 Å². The molecule has 1 aromatic carbocycles. The van der Waals surface area contributed by atoms with Gasteiger partial charge in [-0.15, -0.1) is 0 Å². The number of aromatic nitrogens is 1. The average Bonchev–Trinajstić information content (AvgIpc) is 3.17. The van der Waals surface area contributed by atoms with Crippen LogP contribution in [0.3, 0.4) is 0 Å². The van der Waals surface area contributed by atoms with E-state index in [1.807, 2.05) is 39.0 Å². The fraction of sp³-hybridized carbons (Fsp3) is 0.429. The number of benzene rings is 1. The predicted octanol–water partition coefficient (Wildman–Crippen LogP) is 4.20. The molecule has 1 atom stereocenters. The van der Waals surface area contributed by atoms with E-state index in [-0.39, 0.29) is 11.9 Å². The largest absolute Gasteiger partial charge is 0.443 e. The molecule has 0 unspecified atom stereocenters. The fourth-order valence-corrected chi connectivity index (χ4v) is 3.91. The Bertz CT molecular complexity index is 917. The van der Waals surface area contributed by atoms with Crippen molar-refractivity contribution >= 4 is 28.5 Å². The van der Waals surface area contributed by atoms with Gasteiger partial charge in [0.2, 0.25) is 0 Å². The Balaban J connectivity index is 1.69. The van der Waals surface area contributed by atoms with E-state index < -0.39 is 5.60 Å². The molecule has 0 radical (unpaired) electrons. The lowest BCUT2D eigenvalue weighted by Crippen LogP contribution is -2.33. The van der Waals surface area contributed by atoms with Crippen molar-refractivity contribution in [2.24, 2.45) is 0 Å². The number of carbonyl (C=O) groups is 2. The molecule has 5 nitrogen and oxygen atoms in total. The average molecular weight is 352 g/mol. The molecular formula is C21H24N2O3. The Hall–Kier alpha value is -2.56. The number of hydrogen-bond acceptors (Lipinski definition) is 4. The minimum Gasteiger partial charge on any atom is -0.443 e. The van der Waals surface area contributed by atoms with E-state index in [4.69, 9.17) is 4.74 Å². The topological polar surface area (TPSA) is 51.5 Å². The normalized spacial score (nSPS) is 20.3. The number of nitrogens with zero attached hydrogens (tertiary/aromatic N) is 2. The fourth-order valence-electron chi connectivity index (χ4n) is 3.91. The molecule has 5 heteroatoms. The van der Waals surface area contributed by atoms with Crippen LogP contribution in [0.25, 0.3) is 16.6 Å². The molecule has 4 rings (SSSR count). The molecule has 136 valence electrons. The van der Waals surface area contributed by atoms with E-state index >= 15 is 0 Å². The van der Waals surface area contributed by atoms with Crippen molar-refractivity contribution in [2.75, 3.05) is 6.54 Å². The van der Waals surface area contributed by atoms with Crippen molar-refractivity contribution in [1.82, 2.24) is 9.47 Å². The van der Waals surface area contributed by atoms with E-state index in [1.165, 1.54) is 4.57 Å². The van der Waals surface area contributed by atoms with Gasteiger partial charge in [0, 0.05) is 42.4 Å². The Morgan fingerprint density at radius 2 is 2.04 bits per heavy atom. The number of fused-ring (bicyclic) bond motifs is 2. The SMILES string of the molecule is CC(C)(C)OC(=O)n1ccc2cc(C3=CC(=O)C[C@H]4CCCN34)ccc21. The maximum absolute atomic E-state index is 12.4. The molecular weight excluding hydrogens is 328 g/mol. The van der Waals surface area contributed by atoms with Crippen molar-refractivity contribution < 1.29 is 14.3 Å². The zero-order valence-electron chi connectivity index (χ0n) is 15.5. The first kappa shape index (κ1) is 16.9. The number of ether oxygens (including phenoxy) is 1. The Morgan fingerprint density at radius 1 is 1.23 bits per heavy atom. The predicted molar refractivity (Wildman–Crippen MR) is 101 cm³/mol. The van der Waals surface area contributed by atoms with Gasteiger partial charge in [0.05, 0.1) is 5.52 Å². The van der Waals surface area contributed by atoms with Gasteiger partial charge < -0.3 is 9.64 Å². The summed E-state index contributed by atoms with van der Waals surface area (Å²) in [4.78, 5) is 26.9. The van der Waals surface area contributed by atoms with Gasteiger partial charge in [-0.1, -0.05) is 6.07 Å². The molecule has 0 aliphatic carbocycles. The van der Waals surface area contributed by atoms with Crippen LogP contribution in [0.4, 0.5) is 4.79 Å². The number of ketones is 1. The van der Waals surface area contributed by atoms with Crippen molar-refractivity contribution in [3.63, 3.8) is 0 Å². The maximum Gasteiger partial charge on any atom is 0.418 e. The summed E-state index contributed by atoms with van der Waals surface area (Å²) in [7, 11) is 0. The van der Waals surface area contributed by atoms with Crippen LogP contribution in [0.2, 0.25) is 0 Å². The van der Waals surface area contributed by atoms with Crippen molar-refractivity contribution in [1.29, 1.82) is 0 Å². The Labute approximate surface area is 153 Å². The van der Waals surface area contributed by atoms with E-state index in [9.17, 15) is 9.59 Å². The molecule has 3 heterocycles. The van der Waals surface area contributed by atoms with E-state index in [1.54, 1.807) is 12.3 Å². The molecule has 26 heavy (non-hydrogen) atoms. The summed E-state index contributed by atoms with van der Waals surface area (Å²) in [5.41, 5.74) is 2.31. The van der Waals surface area contributed by atoms with Crippen LogP contribution in [-0.4, -0.2) is 39.5 Å². The lowest BCUT2D eigenvalue weighted by molar-refractivity contribution is -0.115. The molecule has 0 spiro atoms. The van der Waals surface area contributed by atoms with Gasteiger partial charge in [-0.2, -0.15) is 0 Å². The van der Waals surface area contributed by atoms with Crippen LogP contribution in [0.15, 0.2) is 36.5 Å². The highest BCUT2D eigenvalue weighted by Gasteiger charge is 2.32. The van der Waals surface area contributed by atoms with Crippen molar-refractivity contribution in [3.05, 3.63) is 42.1 Å². The smallest absolute Gasteiger partial charge is 0.418 e. The van der Waals surface area contributed by atoms with Gasteiger partial charge >= 0.3 is 6.09 Å². The lowest BCUT2D eigenvalue weighted by atomic mass is 9.98. The van der Waals surface area contributed by atoms with Crippen molar-refractivity contribution in [3.8, 4) is 0 Å². The number of rotatable bonds is 1. The van der Waals surface area contributed by atoms with Crippen LogP contribution in [0.5, 0.6) is 0 Å². The second kappa shape index (κ2) is 6.01. The summed E-state index contributed by atoms with van der Waals surface area (Å²) in [5, 5.41) is 0.961. The third kappa shape index (κ3) is 3.02. The zero-order valence-corrected chi connectivity index (χ0v) is 15.5. The molecule has 0 N–H and O–H groups in total. The van der Waals surface area contributed by atoms with Gasteiger partial charge in [-0.25, -0.2) is 4.79 Å². The minimum absolute atomic E-state index is 0.203. The van der Waals surface area contributed by atoms with Gasteiger partial charge in [0.1, 0.15) is 5.60 Å². The molecule has 0 amide bonds. The summed E-state index contributed by atoms with van der Waals surface area (Å²) in [6, 6.07) is 8.22. The summed E-state index contributed by atoms with van der Waals surface area (Å²) < 4.78 is 7.00. The number of hydrogen-bond donors (Lipinski definition) is 0. The molecule has 2 aliphatic heterocycles. The molecule has 1 saturated heterocycles. The Kier molecular flexibility index (Phi) is 3.90. The van der Waals surface area contributed by atoms with E-state index in [2.05, 4.69) is 11.0 Å². The molecule has 1 fully saturated rings. The molecule has 2 aromatic rings. The second-order valence-corrected chi connectivity index (χ2v) is 8.13. The molecule has 1 aromatic heterocycles. The first-order valence-electron chi connectivity index (χ1n) is 9.18. The molecule has 2 aliphatic rings. The van der Waals surface area contributed by atoms with Gasteiger partial charge in [0.25, 0.3) is 0 Å². The minimum atomic E-state index is -0.536. The van der Waals surface area contributed by atoms with Crippen LogP contribution in [0, 0.1) is 0 Å². The van der Waals surface area contributed by atoms with Crippen LogP contribution in [0.1, 0.15) is 45.6 Å². The summed E-state index contributed by atoms with van der Waals surface area (Å²) in [5.74, 6) is 0.203. The molecule has 0 bridgehead atoms. The monoisotopic (exact) mass is 352 g/mol.